The third kappa shape index (κ3) is 5.73. The Morgan fingerprint density at radius 1 is 1.09 bits per heavy atom. The number of halogens is 2. The summed E-state index contributed by atoms with van der Waals surface area (Å²) in [6.07, 6.45) is 0. The number of nitrogens with one attached hydrogen (secondary N) is 2. The van der Waals surface area contributed by atoms with Gasteiger partial charge in [0.1, 0.15) is 5.75 Å². The lowest BCUT2D eigenvalue weighted by Crippen LogP contribution is -2.38. The lowest BCUT2D eigenvalue weighted by Gasteiger charge is -2.14. The first-order valence-corrected chi connectivity index (χ1v) is 7.72. The van der Waals surface area contributed by atoms with Crippen molar-refractivity contribution in [2.45, 2.75) is 25.6 Å². The van der Waals surface area contributed by atoms with Gasteiger partial charge in [0, 0.05) is 13.1 Å². The summed E-state index contributed by atoms with van der Waals surface area (Å²) in [6.45, 7) is 6.34. The number of benzene rings is 1. The quantitative estimate of drug-likeness (QED) is 0.586. The van der Waals surface area contributed by atoms with E-state index in [4.69, 9.17) is 27.9 Å². The van der Waals surface area contributed by atoms with Gasteiger partial charge in [-0.3, -0.25) is 9.59 Å². The molecule has 7 heteroatoms. The van der Waals surface area contributed by atoms with E-state index in [9.17, 15) is 9.59 Å². The van der Waals surface area contributed by atoms with Crippen molar-refractivity contribution in [1.29, 1.82) is 0 Å². The van der Waals surface area contributed by atoms with Gasteiger partial charge in [-0.2, -0.15) is 0 Å². The van der Waals surface area contributed by atoms with Crippen LogP contribution in [0.4, 0.5) is 0 Å². The van der Waals surface area contributed by atoms with Crippen molar-refractivity contribution < 1.29 is 14.3 Å². The molecule has 1 rings (SSSR count). The zero-order chi connectivity index (χ0) is 16.7. The molecule has 0 unspecified atom stereocenters. The van der Waals surface area contributed by atoms with Crippen LogP contribution in [0.3, 0.4) is 0 Å². The normalized spacial score (nSPS) is 10.5. The number of carbonyl (C=O) groups is 2. The van der Waals surface area contributed by atoms with Crippen LogP contribution >= 0.6 is 23.2 Å². The number of ether oxygens (including phenoxy) is 1. The summed E-state index contributed by atoms with van der Waals surface area (Å²) in [5.41, 5.74) is 3.12. The van der Waals surface area contributed by atoms with Gasteiger partial charge in [0.05, 0.1) is 0 Å². The molecule has 0 radical (unpaired) electrons. The van der Waals surface area contributed by atoms with Crippen LogP contribution in [0.2, 0.25) is 0 Å². The number of rotatable bonds is 7. The molecule has 2 amide bonds. The van der Waals surface area contributed by atoms with Gasteiger partial charge < -0.3 is 15.4 Å². The average Bonchev–Trinajstić information content (AvgIpc) is 2.47. The minimum absolute atomic E-state index is 0.0767. The number of alkyl halides is 2. The SMILES string of the molecule is Cc1ccc(C)c(OCC(=O)NCCNC(=O)C(Cl)Cl)c1C. The molecule has 0 atom stereocenters. The highest BCUT2D eigenvalue weighted by atomic mass is 35.5. The maximum Gasteiger partial charge on any atom is 0.258 e. The van der Waals surface area contributed by atoms with Crippen molar-refractivity contribution in [3.63, 3.8) is 0 Å². The molecule has 122 valence electrons. The minimum Gasteiger partial charge on any atom is -0.483 e. The lowest BCUT2D eigenvalue weighted by molar-refractivity contribution is -0.123. The van der Waals surface area contributed by atoms with E-state index >= 15 is 0 Å². The highest BCUT2D eigenvalue weighted by Crippen LogP contribution is 2.25. The smallest absolute Gasteiger partial charge is 0.258 e. The lowest BCUT2D eigenvalue weighted by atomic mass is 10.1. The molecule has 0 saturated heterocycles. The molecule has 1 aromatic carbocycles. The van der Waals surface area contributed by atoms with Crippen LogP contribution in [0.5, 0.6) is 5.75 Å². The standard InChI is InChI=1S/C15H20Cl2N2O3/c1-9-4-5-10(2)13(11(9)3)22-8-12(20)18-6-7-19-15(21)14(16)17/h4-5,14H,6-8H2,1-3H3,(H,18,20)(H,19,21). The monoisotopic (exact) mass is 346 g/mol. The Morgan fingerprint density at radius 2 is 1.68 bits per heavy atom. The van der Waals surface area contributed by atoms with E-state index < -0.39 is 10.7 Å². The van der Waals surface area contributed by atoms with E-state index in [-0.39, 0.29) is 25.6 Å². The average molecular weight is 347 g/mol. The summed E-state index contributed by atoms with van der Waals surface area (Å²) in [5.74, 6) is -0.0155. The van der Waals surface area contributed by atoms with Crippen LogP contribution in [-0.2, 0) is 9.59 Å². The molecule has 22 heavy (non-hydrogen) atoms. The van der Waals surface area contributed by atoms with Gasteiger partial charge >= 0.3 is 0 Å². The van der Waals surface area contributed by atoms with Crippen molar-refractivity contribution in [1.82, 2.24) is 10.6 Å². The van der Waals surface area contributed by atoms with E-state index in [1.165, 1.54) is 0 Å². The topological polar surface area (TPSA) is 67.4 Å². The number of hydrogen-bond donors (Lipinski definition) is 2. The molecule has 0 aliphatic heterocycles. The van der Waals surface area contributed by atoms with E-state index in [0.29, 0.717) is 0 Å². The second kappa shape index (κ2) is 8.86. The highest BCUT2D eigenvalue weighted by molar-refractivity contribution is 6.53. The molecular weight excluding hydrogens is 327 g/mol. The maximum atomic E-state index is 11.7. The first-order valence-electron chi connectivity index (χ1n) is 6.85. The van der Waals surface area contributed by atoms with Crippen LogP contribution in [0.1, 0.15) is 16.7 Å². The molecule has 0 bridgehead atoms. The van der Waals surface area contributed by atoms with Gasteiger partial charge in [-0.05, 0) is 37.5 Å². The van der Waals surface area contributed by atoms with Gasteiger partial charge in [-0.1, -0.05) is 35.3 Å². The molecule has 0 aromatic heterocycles. The molecule has 5 nitrogen and oxygen atoms in total. The second-order valence-electron chi connectivity index (χ2n) is 4.88. The van der Waals surface area contributed by atoms with Gasteiger partial charge in [0.25, 0.3) is 11.8 Å². The maximum absolute atomic E-state index is 11.7. The van der Waals surface area contributed by atoms with Gasteiger partial charge in [0.15, 0.2) is 11.4 Å². The van der Waals surface area contributed by atoms with Crippen molar-refractivity contribution >= 4 is 35.0 Å². The van der Waals surface area contributed by atoms with E-state index in [1.54, 1.807) is 0 Å². The van der Waals surface area contributed by atoms with Crippen LogP contribution < -0.4 is 15.4 Å². The molecule has 0 saturated carbocycles. The van der Waals surface area contributed by atoms with Crippen molar-refractivity contribution in [3.8, 4) is 5.75 Å². The van der Waals surface area contributed by atoms with Gasteiger partial charge in [0.2, 0.25) is 0 Å². The van der Waals surface area contributed by atoms with E-state index in [2.05, 4.69) is 10.6 Å². The first-order chi connectivity index (χ1) is 10.3. The Balaban J connectivity index is 2.35. The molecule has 0 aliphatic rings. The van der Waals surface area contributed by atoms with Crippen LogP contribution in [0.15, 0.2) is 12.1 Å². The summed E-state index contributed by atoms with van der Waals surface area (Å²) >= 11 is 10.8. The highest BCUT2D eigenvalue weighted by Gasteiger charge is 2.11. The Hall–Kier alpha value is -1.46. The fourth-order valence-electron chi connectivity index (χ4n) is 1.80. The van der Waals surface area contributed by atoms with Crippen molar-refractivity contribution in [2.24, 2.45) is 0 Å². The van der Waals surface area contributed by atoms with E-state index in [1.807, 2.05) is 32.9 Å². The first kappa shape index (κ1) is 18.6. The predicted octanol–water partition coefficient (Wildman–Crippen LogP) is 2.03. The molecular formula is C15H20Cl2N2O3. The Morgan fingerprint density at radius 3 is 2.32 bits per heavy atom. The largest absolute Gasteiger partial charge is 0.483 e. The Labute approximate surface area is 140 Å². The predicted molar refractivity (Wildman–Crippen MR) is 87.7 cm³/mol. The summed E-state index contributed by atoms with van der Waals surface area (Å²) in [5, 5.41) is 5.11. The minimum atomic E-state index is -1.11. The molecule has 2 N–H and O–H groups in total. The third-order valence-electron chi connectivity index (χ3n) is 3.17. The number of aryl methyl sites for hydroxylation is 2. The molecule has 0 heterocycles. The summed E-state index contributed by atoms with van der Waals surface area (Å²) in [6, 6.07) is 3.97. The number of amides is 2. The molecule has 0 spiro atoms. The second-order valence-corrected chi connectivity index (χ2v) is 5.98. The number of hydrogen-bond acceptors (Lipinski definition) is 3. The van der Waals surface area contributed by atoms with Crippen LogP contribution in [0, 0.1) is 20.8 Å². The zero-order valence-corrected chi connectivity index (χ0v) is 14.3. The zero-order valence-electron chi connectivity index (χ0n) is 12.8. The fourth-order valence-corrected chi connectivity index (χ4v) is 1.96. The summed E-state index contributed by atoms with van der Waals surface area (Å²) < 4.78 is 5.58. The van der Waals surface area contributed by atoms with Crippen LogP contribution in [0.25, 0.3) is 0 Å². The molecule has 1 aromatic rings. The van der Waals surface area contributed by atoms with Crippen molar-refractivity contribution in [3.05, 3.63) is 28.8 Å². The molecule has 0 fully saturated rings. The molecule has 0 aliphatic carbocycles. The Kier molecular flexibility index (Phi) is 7.48. The van der Waals surface area contributed by atoms with Crippen LogP contribution in [-0.4, -0.2) is 36.3 Å². The fraction of sp³-hybridized carbons (Fsp3) is 0.467. The van der Waals surface area contributed by atoms with E-state index in [0.717, 1.165) is 22.4 Å². The third-order valence-corrected chi connectivity index (χ3v) is 3.56. The van der Waals surface area contributed by atoms with Crippen molar-refractivity contribution in [2.75, 3.05) is 19.7 Å². The summed E-state index contributed by atoms with van der Waals surface area (Å²) in [4.78, 5) is 21.7. The van der Waals surface area contributed by atoms with Gasteiger partial charge in [-0.25, -0.2) is 0 Å². The Bertz CT molecular complexity index is 548. The summed E-state index contributed by atoms with van der Waals surface area (Å²) in [7, 11) is 0. The number of carbonyl (C=O) groups excluding carboxylic acids is 2. The van der Waals surface area contributed by atoms with Gasteiger partial charge in [-0.15, -0.1) is 0 Å².